The zero-order valence-electron chi connectivity index (χ0n) is 11.3. The van der Waals surface area contributed by atoms with Gasteiger partial charge in [0.1, 0.15) is 5.00 Å². The number of carbonyl (C=O) groups excluding carboxylic acids is 1. The molecule has 0 unspecified atom stereocenters. The molecule has 0 aliphatic carbocycles. The third-order valence-electron chi connectivity index (χ3n) is 2.98. The van der Waals surface area contributed by atoms with E-state index in [9.17, 15) is 13.2 Å². The Bertz CT molecular complexity index is 796. The number of rotatable bonds is 4. The van der Waals surface area contributed by atoms with Gasteiger partial charge in [-0.3, -0.25) is 9.52 Å². The standard InChI is InChI=1S/C13H13BrN2O3S2/c1-7-8(2)20-13(11(7)12(15)17)16-21(18,19)10-5-3-9(14)4-6-10/h3-6,16H,1-2H3,(H2,15,17). The summed E-state index contributed by atoms with van der Waals surface area (Å²) in [6.07, 6.45) is 0. The van der Waals surface area contributed by atoms with Gasteiger partial charge < -0.3 is 5.73 Å². The number of thiophene rings is 1. The van der Waals surface area contributed by atoms with Crippen LogP contribution in [-0.4, -0.2) is 14.3 Å². The SMILES string of the molecule is Cc1sc(NS(=O)(=O)c2ccc(Br)cc2)c(C(N)=O)c1C. The minimum Gasteiger partial charge on any atom is -0.365 e. The number of halogens is 1. The van der Waals surface area contributed by atoms with Crippen molar-refractivity contribution < 1.29 is 13.2 Å². The fourth-order valence-corrected chi connectivity index (χ4v) is 4.43. The molecule has 0 aliphatic rings. The molecule has 0 fully saturated rings. The Labute approximate surface area is 135 Å². The predicted octanol–water partition coefficient (Wildman–Crippen LogP) is 3.03. The predicted molar refractivity (Wildman–Crippen MR) is 87.3 cm³/mol. The van der Waals surface area contributed by atoms with Gasteiger partial charge in [-0.25, -0.2) is 8.42 Å². The molecule has 112 valence electrons. The van der Waals surface area contributed by atoms with Gasteiger partial charge in [-0.05, 0) is 43.7 Å². The largest absolute Gasteiger partial charge is 0.365 e. The minimum absolute atomic E-state index is 0.116. The summed E-state index contributed by atoms with van der Waals surface area (Å²) in [6, 6.07) is 6.22. The molecule has 0 saturated heterocycles. The van der Waals surface area contributed by atoms with Crippen LogP contribution in [0.1, 0.15) is 20.8 Å². The van der Waals surface area contributed by atoms with E-state index in [1.807, 2.05) is 6.92 Å². The quantitative estimate of drug-likeness (QED) is 0.843. The van der Waals surface area contributed by atoms with Crippen molar-refractivity contribution in [3.05, 3.63) is 44.7 Å². The van der Waals surface area contributed by atoms with Crippen molar-refractivity contribution >= 4 is 48.2 Å². The molecule has 21 heavy (non-hydrogen) atoms. The first kappa shape index (κ1) is 16.0. The maximum Gasteiger partial charge on any atom is 0.262 e. The fourth-order valence-electron chi connectivity index (χ4n) is 1.79. The van der Waals surface area contributed by atoms with E-state index in [0.29, 0.717) is 5.56 Å². The number of nitrogens with one attached hydrogen (secondary N) is 1. The van der Waals surface area contributed by atoms with Gasteiger partial charge in [0.25, 0.3) is 15.9 Å². The molecular weight excluding hydrogens is 376 g/mol. The number of sulfonamides is 1. The smallest absolute Gasteiger partial charge is 0.262 e. The van der Waals surface area contributed by atoms with Gasteiger partial charge in [0, 0.05) is 9.35 Å². The van der Waals surface area contributed by atoms with Gasteiger partial charge in [-0.15, -0.1) is 11.3 Å². The number of hydrogen-bond acceptors (Lipinski definition) is 4. The number of hydrogen-bond donors (Lipinski definition) is 2. The van der Waals surface area contributed by atoms with Crippen LogP contribution in [-0.2, 0) is 10.0 Å². The number of amides is 1. The summed E-state index contributed by atoms with van der Waals surface area (Å²) >= 11 is 4.44. The molecule has 1 heterocycles. The first-order valence-corrected chi connectivity index (χ1v) is 9.00. The zero-order valence-corrected chi connectivity index (χ0v) is 14.5. The highest BCUT2D eigenvalue weighted by Crippen LogP contribution is 2.33. The topological polar surface area (TPSA) is 89.3 Å². The average Bonchev–Trinajstić information content (AvgIpc) is 2.64. The van der Waals surface area contributed by atoms with Crippen molar-refractivity contribution in [2.75, 3.05) is 4.72 Å². The minimum atomic E-state index is -3.76. The molecule has 0 atom stereocenters. The Morgan fingerprint density at radius 3 is 2.33 bits per heavy atom. The molecule has 0 spiro atoms. The molecule has 1 aromatic heterocycles. The first-order chi connectivity index (χ1) is 9.72. The molecule has 3 N–H and O–H groups in total. The van der Waals surface area contributed by atoms with Crippen LogP contribution in [0.3, 0.4) is 0 Å². The van der Waals surface area contributed by atoms with Crippen molar-refractivity contribution in [2.45, 2.75) is 18.7 Å². The van der Waals surface area contributed by atoms with E-state index >= 15 is 0 Å². The van der Waals surface area contributed by atoms with Crippen LogP contribution >= 0.6 is 27.3 Å². The summed E-state index contributed by atoms with van der Waals surface area (Å²) in [5.74, 6) is -0.648. The number of carbonyl (C=O) groups is 1. The van der Waals surface area contributed by atoms with Crippen molar-refractivity contribution in [1.82, 2.24) is 0 Å². The lowest BCUT2D eigenvalue weighted by Gasteiger charge is -2.08. The van der Waals surface area contributed by atoms with Crippen LogP contribution in [0, 0.1) is 13.8 Å². The fraction of sp³-hybridized carbons (Fsp3) is 0.154. The van der Waals surface area contributed by atoms with E-state index in [2.05, 4.69) is 20.7 Å². The number of nitrogens with two attached hydrogens (primary N) is 1. The lowest BCUT2D eigenvalue weighted by molar-refractivity contribution is 0.100. The van der Waals surface area contributed by atoms with E-state index in [1.165, 1.54) is 23.5 Å². The molecule has 1 amide bonds. The van der Waals surface area contributed by atoms with E-state index in [0.717, 1.165) is 9.35 Å². The van der Waals surface area contributed by atoms with Crippen molar-refractivity contribution in [1.29, 1.82) is 0 Å². The van der Waals surface area contributed by atoms with E-state index in [4.69, 9.17) is 5.73 Å². The third-order valence-corrected chi connectivity index (χ3v) is 6.13. The Balaban J connectivity index is 2.44. The van der Waals surface area contributed by atoms with Crippen molar-refractivity contribution in [3.8, 4) is 0 Å². The number of benzene rings is 1. The number of aryl methyl sites for hydroxylation is 1. The van der Waals surface area contributed by atoms with Gasteiger partial charge in [0.2, 0.25) is 0 Å². The van der Waals surface area contributed by atoms with Crippen LogP contribution in [0.4, 0.5) is 5.00 Å². The Morgan fingerprint density at radius 2 is 1.81 bits per heavy atom. The van der Waals surface area contributed by atoms with E-state index in [-0.39, 0.29) is 15.5 Å². The highest BCUT2D eigenvalue weighted by molar-refractivity contribution is 9.10. The molecule has 5 nitrogen and oxygen atoms in total. The molecule has 0 aliphatic heterocycles. The summed E-state index contributed by atoms with van der Waals surface area (Å²) in [5, 5.41) is 0.250. The summed E-state index contributed by atoms with van der Waals surface area (Å²) < 4.78 is 27.9. The maximum atomic E-state index is 12.3. The van der Waals surface area contributed by atoms with Gasteiger partial charge >= 0.3 is 0 Å². The van der Waals surface area contributed by atoms with Crippen LogP contribution in [0.5, 0.6) is 0 Å². The Kier molecular flexibility index (Phi) is 4.40. The van der Waals surface area contributed by atoms with Crippen LogP contribution in [0.25, 0.3) is 0 Å². The summed E-state index contributed by atoms with van der Waals surface area (Å²) in [5.41, 5.74) is 6.25. The highest BCUT2D eigenvalue weighted by Gasteiger charge is 2.22. The Hall–Kier alpha value is -1.38. The molecule has 8 heteroatoms. The van der Waals surface area contributed by atoms with Crippen molar-refractivity contribution in [2.24, 2.45) is 5.73 Å². The van der Waals surface area contributed by atoms with Crippen molar-refractivity contribution in [3.63, 3.8) is 0 Å². The second kappa shape index (κ2) is 5.78. The Morgan fingerprint density at radius 1 is 1.24 bits per heavy atom. The third kappa shape index (κ3) is 3.28. The summed E-state index contributed by atoms with van der Waals surface area (Å²) in [6.45, 7) is 3.55. The van der Waals surface area contributed by atoms with E-state index < -0.39 is 15.9 Å². The van der Waals surface area contributed by atoms with Crippen LogP contribution in [0.2, 0.25) is 0 Å². The lowest BCUT2D eigenvalue weighted by atomic mass is 10.1. The monoisotopic (exact) mass is 388 g/mol. The molecule has 2 rings (SSSR count). The van der Waals surface area contributed by atoms with Crippen LogP contribution < -0.4 is 10.5 Å². The van der Waals surface area contributed by atoms with Gasteiger partial charge in [-0.2, -0.15) is 0 Å². The summed E-state index contributed by atoms with van der Waals surface area (Å²) in [4.78, 5) is 12.5. The van der Waals surface area contributed by atoms with Crippen LogP contribution in [0.15, 0.2) is 33.6 Å². The normalized spacial score (nSPS) is 11.4. The average molecular weight is 389 g/mol. The molecule has 1 aromatic carbocycles. The lowest BCUT2D eigenvalue weighted by Crippen LogP contribution is -2.17. The first-order valence-electron chi connectivity index (χ1n) is 5.90. The second-order valence-electron chi connectivity index (χ2n) is 4.41. The van der Waals surface area contributed by atoms with Gasteiger partial charge in [0.05, 0.1) is 10.5 Å². The van der Waals surface area contributed by atoms with Gasteiger partial charge in [-0.1, -0.05) is 15.9 Å². The molecule has 0 radical (unpaired) electrons. The van der Waals surface area contributed by atoms with E-state index in [1.54, 1.807) is 19.1 Å². The molecule has 0 saturated carbocycles. The maximum absolute atomic E-state index is 12.3. The summed E-state index contributed by atoms with van der Waals surface area (Å²) in [7, 11) is -3.76. The van der Waals surface area contributed by atoms with Gasteiger partial charge in [0.15, 0.2) is 0 Å². The number of anilines is 1. The number of primary amides is 1. The molecule has 2 aromatic rings. The zero-order chi connectivity index (χ0) is 15.8. The highest BCUT2D eigenvalue weighted by atomic mass is 79.9. The second-order valence-corrected chi connectivity index (χ2v) is 8.23. The molecular formula is C13H13BrN2O3S2. The molecule has 0 bridgehead atoms.